The number of hydrazine groups is 1. The molecule has 1 atom stereocenters. The maximum Gasteiger partial charge on any atom is 0.433 e. The summed E-state index contributed by atoms with van der Waals surface area (Å²) < 4.78 is 43.4. The van der Waals surface area contributed by atoms with E-state index in [9.17, 15) is 38.0 Å². The van der Waals surface area contributed by atoms with Crippen molar-refractivity contribution in [3.63, 3.8) is 0 Å². The largest absolute Gasteiger partial charge is 0.502 e. The highest BCUT2D eigenvalue weighted by molar-refractivity contribution is 6.01. The molecule has 0 saturated carbocycles. The molecule has 2 aromatic heterocycles. The van der Waals surface area contributed by atoms with Crippen LogP contribution in [0.25, 0.3) is 11.1 Å². The standard InChI is InChI=1S/C26H20F3N5O6/c1-14(31-18-7-9-22(30-13-18)26(27,28)29)15-2-4-16(5-3-15)19-10-11-40-23(19)25(37)33-32-24(36)17-6-8-21(35)20(12-17)34(38)39/h2-14,31,35H,1H3,(H,32,36)(H,33,37). The Labute approximate surface area is 223 Å². The molecule has 0 aliphatic rings. The number of nitrogens with zero attached hydrogens (tertiary/aromatic N) is 2. The summed E-state index contributed by atoms with van der Waals surface area (Å²) in [6, 6.07) is 13.4. The van der Waals surface area contributed by atoms with Crippen LogP contribution in [0, 0.1) is 10.1 Å². The lowest BCUT2D eigenvalue weighted by Crippen LogP contribution is -2.41. The lowest BCUT2D eigenvalue weighted by atomic mass is 10.0. The number of nitrogens with one attached hydrogen (secondary N) is 3. The summed E-state index contributed by atoms with van der Waals surface area (Å²) in [5.74, 6) is -2.39. The first-order valence-electron chi connectivity index (χ1n) is 11.5. The number of anilines is 1. The summed E-state index contributed by atoms with van der Waals surface area (Å²) in [5.41, 5.74) is 4.70. The molecule has 2 heterocycles. The van der Waals surface area contributed by atoms with Gasteiger partial charge in [0.1, 0.15) is 5.69 Å². The van der Waals surface area contributed by atoms with Crippen LogP contribution in [0.15, 0.2) is 77.5 Å². The van der Waals surface area contributed by atoms with Crippen LogP contribution in [-0.2, 0) is 6.18 Å². The van der Waals surface area contributed by atoms with Gasteiger partial charge in [0.2, 0.25) is 5.76 Å². The summed E-state index contributed by atoms with van der Waals surface area (Å²) in [4.78, 5) is 38.5. The van der Waals surface area contributed by atoms with Gasteiger partial charge in [-0.2, -0.15) is 13.2 Å². The summed E-state index contributed by atoms with van der Waals surface area (Å²) >= 11 is 0. The average Bonchev–Trinajstić information content (AvgIpc) is 3.42. The number of rotatable bonds is 7. The highest BCUT2D eigenvalue weighted by atomic mass is 19.4. The van der Waals surface area contributed by atoms with Gasteiger partial charge in [-0.15, -0.1) is 0 Å². The van der Waals surface area contributed by atoms with Gasteiger partial charge < -0.3 is 14.8 Å². The fourth-order valence-electron chi connectivity index (χ4n) is 3.70. The molecule has 40 heavy (non-hydrogen) atoms. The molecule has 0 bridgehead atoms. The number of amides is 2. The number of alkyl halides is 3. The van der Waals surface area contributed by atoms with Gasteiger partial charge >= 0.3 is 17.8 Å². The van der Waals surface area contributed by atoms with E-state index in [0.29, 0.717) is 16.8 Å². The molecule has 0 saturated heterocycles. The average molecular weight is 555 g/mol. The van der Waals surface area contributed by atoms with Crippen molar-refractivity contribution in [2.75, 3.05) is 5.32 Å². The molecule has 4 rings (SSSR count). The first kappa shape index (κ1) is 27.6. The van der Waals surface area contributed by atoms with Gasteiger partial charge in [0.15, 0.2) is 5.75 Å². The molecule has 2 aromatic carbocycles. The predicted molar refractivity (Wildman–Crippen MR) is 135 cm³/mol. The zero-order valence-electron chi connectivity index (χ0n) is 20.5. The van der Waals surface area contributed by atoms with E-state index in [2.05, 4.69) is 21.2 Å². The predicted octanol–water partition coefficient (Wildman–Crippen LogP) is 5.22. The second-order valence-electron chi connectivity index (χ2n) is 8.45. The van der Waals surface area contributed by atoms with Crippen LogP contribution >= 0.6 is 0 Å². The maximum absolute atomic E-state index is 12.7. The molecule has 206 valence electrons. The molecule has 2 amide bonds. The van der Waals surface area contributed by atoms with E-state index in [-0.39, 0.29) is 17.4 Å². The Balaban J connectivity index is 1.40. The quantitative estimate of drug-likeness (QED) is 0.178. The van der Waals surface area contributed by atoms with Gasteiger partial charge in [-0.05, 0) is 48.4 Å². The topological polar surface area (TPSA) is 160 Å². The second-order valence-corrected chi connectivity index (χ2v) is 8.45. The Morgan fingerprint density at radius 1 is 1.02 bits per heavy atom. The Kier molecular flexibility index (Phi) is 7.70. The van der Waals surface area contributed by atoms with Gasteiger partial charge in [0, 0.05) is 23.2 Å². The molecule has 11 nitrogen and oxygen atoms in total. The number of pyridine rings is 1. The molecule has 14 heteroatoms. The molecule has 0 aliphatic carbocycles. The number of phenols is 1. The molecule has 0 radical (unpaired) electrons. The van der Waals surface area contributed by atoms with Gasteiger partial charge in [0.25, 0.3) is 5.91 Å². The molecular weight excluding hydrogens is 535 g/mol. The number of aromatic hydroxyl groups is 1. The number of furan rings is 1. The SMILES string of the molecule is CC(Nc1ccc(C(F)(F)F)nc1)c1ccc(-c2ccoc2C(=O)NNC(=O)c2ccc(O)c([N+](=O)[O-])c2)cc1. The zero-order valence-corrected chi connectivity index (χ0v) is 20.5. The highest BCUT2D eigenvalue weighted by Crippen LogP contribution is 2.30. The lowest BCUT2D eigenvalue weighted by Gasteiger charge is -2.16. The monoisotopic (exact) mass is 555 g/mol. The number of nitro groups is 1. The summed E-state index contributed by atoms with van der Waals surface area (Å²) in [7, 11) is 0. The fraction of sp³-hybridized carbons (Fsp3) is 0.115. The smallest absolute Gasteiger partial charge is 0.433 e. The number of halogens is 3. The van der Waals surface area contributed by atoms with Crippen molar-refractivity contribution in [1.82, 2.24) is 15.8 Å². The van der Waals surface area contributed by atoms with E-state index < -0.39 is 40.0 Å². The van der Waals surface area contributed by atoms with Crippen molar-refractivity contribution in [3.05, 3.63) is 106 Å². The first-order valence-corrected chi connectivity index (χ1v) is 11.5. The van der Waals surface area contributed by atoms with Gasteiger partial charge in [-0.25, -0.2) is 4.98 Å². The van der Waals surface area contributed by atoms with E-state index in [0.717, 1.165) is 36.0 Å². The molecule has 1 unspecified atom stereocenters. The zero-order chi connectivity index (χ0) is 29.0. The van der Waals surface area contributed by atoms with Crippen molar-refractivity contribution in [1.29, 1.82) is 0 Å². The van der Waals surface area contributed by atoms with Crippen LogP contribution < -0.4 is 16.2 Å². The van der Waals surface area contributed by atoms with E-state index in [1.165, 1.54) is 12.3 Å². The third-order valence-electron chi connectivity index (χ3n) is 5.75. The van der Waals surface area contributed by atoms with Crippen LogP contribution in [0.2, 0.25) is 0 Å². The minimum Gasteiger partial charge on any atom is -0.502 e. The number of phenolic OH excluding ortho intramolecular Hbond substituents is 1. The molecule has 0 fully saturated rings. The number of hydrogen-bond donors (Lipinski definition) is 4. The van der Waals surface area contributed by atoms with Crippen molar-refractivity contribution in [2.24, 2.45) is 0 Å². The van der Waals surface area contributed by atoms with Crippen molar-refractivity contribution >= 4 is 23.2 Å². The van der Waals surface area contributed by atoms with Gasteiger partial charge in [-0.1, -0.05) is 24.3 Å². The minimum atomic E-state index is -4.52. The molecule has 0 aliphatic heterocycles. The van der Waals surface area contributed by atoms with E-state index in [4.69, 9.17) is 4.42 Å². The van der Waals surface area contributed by atoms with Crippen molar-refractivity contribution in [3.8, 4) is 16.9 Å². The Morgan fingerprint density at radius 2 is 1.73 bits per heavy atom. The van der Waals surface area contributed by atoms with Crippen molar-refractivity contribution < 1.29 is 37.2 Å². The number of carbonyl (C=O) groups is 2. The third kappa shape index (κ3) is 6.18. The van der Waals surface area contributed by atoms with E-state index in [1.54, 1.807) is 30.3 Å². The lowest BCUT2D eigenvalue weighted by molar-refractivity contribution is -0.385. The van der Waals surface area contributed by atoms with Crippen LogP contribution in [0.1, 0.15) is 45.1 Å². The molecule has 4 aromatic rings. The normalized spacial score (nSPS) is 11.9. The highest BCUT2D eigenvalue weighted by Gasteiger charge is 2.32. The second kappa shape index (κ2) is 11.1. The van der Waals surface area contributed by atoms with Gasteiger partial charge in [0.05, 0.1) is 23.1 Å². The molecular formula is C26H20F3N5O6. The van der Waals surface area contributed by atoms with E-state index in [1.807, 2.05) is 6.92 Å². The summed E-state index contributed by atoms with van der Waals surface area (Å²) in [6.45, 7) is 1.81. The molecule has 0 spiro atoms. The van der Waals surface area contributed by atoms with Crippen LogP contribution in [0.5, 0.6) is 5.75 Å². The van der Waals surface area contributed by atoms with Gasteiger partial charge in [-0.3, -0.25) is 30.6 Å². The van der Waals surface area contributed by atoms with E-state index >= 15 is 0 Å². The molecule has 4 N–H and O–H groups in total. The fourth-order valence-corrected chi connectivity index (χ4v) is 3.70. The minimum absolute atomic E-state index is 0.119. The number of aromatic nitrogens is 1. The van der Waals surface area contributed by atoms with Crippen LogP contribution in [0.3, 0.4) is 0 Å². The van der Waals surface area contributed by atoms with Crippen LogP contribution in [-0.4, -0.2) is 26.8 Å². The Bertz CT molecular complexity index is 1550. The Morgan fingerprint density at radius 3 is 2.35 bits per heavy atom. The van der Waals surface area contributed by atoms with Crippen LogP contribution in [0.4, 0.5) is 24.5 Å². The summed E-state index contributed by atoms with van der Waals surface area (Å²) in [5, 5.41) is 23.6. The Hall–Kier alpha value is -5.40. The maximum atomic E-state index is 12.7. The summed E-state index contributed by atoms with van der Waals surface area (Å²) in [6.07, 6.45) is -2.14. The number of nitro benzene ring substituents is 1. The van der Waals surface area contributed by atoms with Crippen molar-refractivity contribution in [2.45, 2.75) is 19.1 Å². The first-order chi connectivity index (χ1) is 18.9. The number of hydrogen-bond acceptors (Lipinski definition) is 8. The number of benzene rings is 2. The number of carbonyl (C=O) groups excluding carboxylic acids is 2. The third-order valence-corrected chi connectivity index (χ3v) is 5.75.